The lowest BCUT2D eigenvalue weighted by molar-refractivity contribution is -0.143. The number of rotatable bonds is 7. The number of nitrogens with zero attached hydrogens (tertiary/aromatic N) is 4. The summed E-state index contributed by atoms with van der Waals surface area (Å²) in [6.45, 7) is 8.65. The molecule has 204 valence electrons. The van der Waals surface area contributed by atoms with Crippen molar-refractivity contribution in [3.05, 3.63) is 82.5 Å². The average molecular weight is 547 g/mol. The van der Waals surface area contributed by atoms with Gasteiger partial charge < -0.3 is 24.2 Å². The molecular formula is C30H34N4O4S. The van der Waals surface area contributed by atoms with Gasteiger partial charge in [0.05, 0.1) is 29.8 Å². The molecule has 0 radical (unpaired) electrons. The molecule has 1 atom stereocenters. The maximum atomic E-state index is 13.5. The number of hydrogen-bond acceptors (Lipinski definition) is 8. The van der Waals surface area contributed by atoms with Crippen LogP contribution in [0.5, 0.6) is 11.5 Å². The number of aliphatic imine (C=N–C) groups is 1. The second-order valence-electron chi connectivity index (χ2n) is 10.2. The lowest BCUT2D eigenvalue weighted by Gasteiger charge is -2.37. The number of amides is 1. The first-order valence-corrected chi connectivity index (χ1v) is 14.1. The van der Waals surface area contributed by atoms with Crippen LogP contribution in [-0.2, 0) is 14.3 Å². The van der Waals surface area contributed by atoms with Gasteiger partial charge in [0.2, 0.25) is 5.91 Å². The third kappa shape index (κ3) is 6.04. The molecule has 1 amide bonds. The van der Waals surface area contributed by atoms with Gasteiger partial charge in [-0.2, -0.15) is 0 Å². The van der Waals surface area contributed by atoms with Gasteiger partial charge in [0, 0.05) is 31.9 Å². The lowest BCUT2D eigenvalue weighted by atomic mass is 9.93. The molecular weight excluding hydrogens is 512 g/mol. The monoisotopic (exact) mass is 546 g/mol. The van der Waals surface area contributed by atoms with Crippen molar-refractivity contribution >= 4 is 28.8 Å². The second kappa shape index (κ2) is 11.7. The van der Waals surface area contributed by atoms with Gasteiger partial charge in [0.25, 0.3) is 0 Å². The average Bonchev–Trinajstić information content (AvgIpc) is 3.30. The molecule has 3 heterocycles. The first-order chi connectivity index (χ1) is 18.8. The van der Waals surface area contributed by atoms with Crippen LogP contribution in [0.4, 0.5) is 0 Å². The first-order valence-electron chi connectivity index (χ1n) is 13.2. The van der Waals surface area contributed by atoms with Crippen LogP contribution in [0.3, 0.4) is 0 Å². The number of thioether (sulfide) groups is 1. The van der Waals surface area contributed by atoms with Gasteiger partial charge in [-0.05, 0) is 63.1 Å². The van der Waals surface area contributed by atoms with E-state index in [4.69, 9.17) is 14.5 Å². The van der Waals surface area contributed by atoms with E-state index in [1.807, 2.05) is 90.6 Å². The van der Waals surface area contributed by atoms with Gasteiger partial charge in [0.1, 0.15) is 11.5 Å². The Kier molecular flexibility index (Phi) is 8.09. The number of amidine groups is 1. The van der Waals surface area contributed by atoms with E-state index < -0.39 is 12.0 Å². The Bertz CT molecular complexity index is 1330. The highest BCUT2D eigenvalue weighted by molar-refractivity contribution is 8.16. The molecule has 9 heteroatoms. The Morgan fingerprint density at radius 2 is 1.74 bits per heavy atom. The maximum absolute atomic E-state index is 13.5. The Morgan fingerprint density at radius 1 is 1.03 bits per heavy atom. The van der Waals surface area contributed by atoms with E-state index >= 15 is 0 Å². The molecule has 1 fully saturated rings. The quantitative estimate of drug-likeness (QED) is 0.444. The summed E-state index contributed by atoms with van der Waals surface area (Å²) in [5.74, 6) is 1.05. The minimum absolute atomic E-state index is 0.0775. The number of carbonyl (C=O) groups is 2. The zero-order valence-corrected chi connectivity index (χ0v) is 23.6. The molecule has 8 nitrogen and oxygen atoms in total. The Balaban J connectivity index is 1.49. The van der Waals surface area contributed by atoms with E-state index in [-0.39, 0.29) is 18.4 Å². The molecule has 0 spiro atoms. The van der Waals surface area contributed by atoms with Crippen LogP contribution in [0.15, 0.2) is 82.0 Å². The molecule has 2 aromatic carbocycles. The van der Waals surface area contributed by atoms with E-state index in [0.717, 1.165) is 35.3 Å². The zero-order chi connectivity index (χ0) is 27.5. The maximum Gasteiger partial charge on any atom is 0.338 e. The molecule has 2 aromatic rings. The van der Waals surface area contributed by atoms with Crippen molar-refractivity contribution in [2.24, 2.45) is 4.99 Å². The van der Waals surface area contributed by atoms with E-state index in [2.05, 4.69) is 11.9 Å². The fourth-order valence-corrected chi connectivity index (χ4v) is 5.88. The topological polar surface area (TPSA) is 74.7 Å². The summed E-state index contributed by atoms with van der Waals surface area (Å²) in [6.07, 6.45) is -0.0452. The third-order valence-corrected chi connectivity index (χ3v) is 7.79. The molecule has 0 aromatic heterocycles. The van der Waals surface area contributed by atoms with Crippen LogP contribution in [0, 0.1) is 0 Å². The smallest absolute Gasteiger partial charge is 0.338 e. The normalized spacial score (nSPS) is 19.6. The molecule has 3 aliphatic heterocycles. The standard InChI is InChI=1S/C30H34N4O4S/c1-20(2)37-29(36)27-21(3)31-30-34(23(19-39-30)18-26(35)33-15-13-32(4)14-16-33)28(27)22-9-8-12-25(17-22)38-24-10-6-5-7-11-24/h5-12,17,19-20,28H,13-16,18H2,1-4H3/t28-/m0/s1. The van der Waals surface area contributed by atoms with Gasteiger partial charge >= 0.3 is 5.97 Å². The lowest BCUT2D eigenvalue weighted by Crippen LogP contribution is -2.47. The molecule has 0 bridgehead atoms. The molecule has 0 unspecified atom stereocenters. The van der Waals surface area contributed by atoms with Crippen molar-refractivity contribution in [1.29, 1.82) is 0 Å². The number of carbonyl (C=O) groups excluding carboxylic acids is 2. The van der Waals surface area contributed by atoms with Crippen LogP contribution in [0.2, 0.25) is 0 Å². The predicted octanol–water partition coefficient (Wildman–Crippen LogP) is 5.17. The van der Waals surface area contributed by atoms with Crippen LogP contribution in [0.1, 0.15) is 38.8 Å². The zero-order valence-electron chi connectivity index (χ0n) is 22.8. The van der Waals surface area contributed by atoms with E-state index in [0.29, 0.717) is 30.1 Å². The molecule has 5 rings (SSSR count). The number of benzene rings is 2. The van der Waals surface area contributed by atoms with Crippen LogP contribution in [-0.4, -0.2) is 71.1 Å². The van der Waals surface area contributed by atoms with Gasteiger partial charge in [0.15, 0.2) is 5.17 Å². The summed E-state index contributed by atoms with van der Waals surface area (Å²) >= 11 is 1.48. The minimum Gasteiger partial charge on any atom is -0.459 e. The van der Waals surface area contributed by atoms with Crippen molar-refractivity contribution in [3.8, 4) is 11.5 Å². The first kappa shape index (κ1) is 27.0. The second-order valence-corrected chi connectivity index (χ2v) is 11.0. The summed E-state index contributed by atoms with van der Waals surface area (Å²) in [4.78, 5) is 37.7. The summed E-state index contributed by atoms with van der Waals surface area (Å²) < 4.78 is 11.8. The van der Waals surface area contributed by atoms with Crippen LogP contribution in [0.25, 0.3) is 0 Å². The Labute approximate surface area is 234 Å². The van der Waals surface area contributed by atoms with Gasteiger partial charge in [-0.3, -0.25) is 4.79 Å². The third-order valence-electron chi connectivity index (χ3n) is 6.90. The van der Waals surface area contributed by atoms with E-state index in [9.17, 15) is 9.59 Å². The Morgan fingerprint density at radius 3 is 2.46 bits per heavy atom. The summed E-state index contributed by atoms with van der Waals surface area (Å²) in [5.41, 5.74) is 2.75. The van der Waals surface area contributed by atoms with Crippen molar-refractivity contribution < 1.29 is 19.1 Å². The highest BCUT2D eigenvalue weighted by atomic mass is 32.2. The number of para-hydroxylation sites is 1. The molecule has 0 N–H and O–H groups in total. The van der Waals surface area contributed by atoms with Gasteiger partial charge in [-0.25, -0.2) is 9.79 Å². The number of likely N-dealkylation sites (N-methyl/N-ethyl adjacent to an activating group) is 1. The number of ether oxygens (including phenoxy) is 2. The van der Waals surface area contributed by atoms with Crippen molar-refractivity contribution in [2.45, 2.75) is 39.3 Å². The van der Waals surface area contributed by atoms with E-state index in [1.54, 1.807) is 0 Å². The minimum atomic E-state index is -0.510. The highest BCUT2D eigenvalue weighted by Gasteiger charge is 2.41. The van der Waals surface area contributed by atoms with Crippen LogP contribution < -0.4 is 4.74 Å². The Hall–Kier alpha value is -3.56. The van der Waals surface area contributed by atoms with Crippen molar-refractivity contribution in [1.82, 2.24) is 14.7 Å². The fraction of sp³-hybridized carbons (Fsp3) is 0.367. The summed E-state index contributed by atoms with van der Waals surface area (Å²) in [5, 5.41) is 2.72. The number of allylic oxidation sites excluding steroid dienone is 1. The largest absolute Gasteiger partial charge is 0.459 e. The van der Waals surface area contributed by atoms with E-state index in [1.165, 1.54) is 11.8 Å². The van der Waals surface area contributed by atoms with Gasteiger partial charge in [-0.15, -0.1) is 0 Å². The fourth-order valence-electron chi connectivity index (χ4n) is 4.92. The molecule has 39 heavy (non-hydrogen) atoms. The predicted molar refractivity (Wildman–Crippen MR) is 153 cm³/mol. The number of piperazine rings is 1. The summed E-state index contributed by atoms with van der Waals surface area (Å²) in [6, 6.07) is 16.8. The molecule has 3 aliphatic rings. The molecule has 1 saturated heterocycles. The van der Waals surface area contributed by atoms with Crippen molar-refractivity contribution in [2.75, 3.05) is 33.2 Å². The summed E-state index contributed by atoms with van der Waals surface area (Å²) in [7, 11) is 2.07. The molecule has 0 aliphatic carbocycles. The number of fused-ring (bicyclic) bond motifs is 1. The SMILES string of the molecule is CC1=C(C(=O)OC(C)C)[C@H](c2cccc(Oc3ccccc3)c2)N2C(CC(=O)N3CCN(C)CC3)=CSC2=N1. The van der Waals surface area contributed by atoms with Crippen molar-refractivity contribution in [3.63, 3.8) is 0 Å². The molecule has 0 saturated carbocycles. The van der Waals surface area contributed by atoms with Crippen LogP contribution >= 0.6 is 11.8 Å². The van der Waals surface area contributed by atoms with Gasteiger partial charge in [-0.1, -0.05) is 42.1 Å². The number of esters is 1. The highest BCUT2D eigenvalue weighted by Crippen LogP contribution is 2.45. The number of hydrogen-bond donors (Lipinski definition) is 0.